The van der Waals surface area contributed by atoms with Crippen LogP contribution in [0.3, 0.4) is 0 Å². The van der Waals surface area contributed by atoms with E-state index < -0.39 is 0 Å². The van der Waals surface area contributed by atoms with E-state index >= 15 is 0 Å². The second kappa shape index (κ2) is 6.42. The Kier molecular flexibility index (Phi) is 4.36. The molecule has 1 N–H and O–H groups in total. The van der Waals surface area contributed by atoms with Gasteiger partial charge in [0, 0.05) is 17.8 Å². The number of urea groups is 1. The fraction of sp³-hybridized carbons (Fsp3) is 0.500. The third-order valence-corrected chi connectivity index (χ3v) is 4.67. The van der Waals surface area contributed by atoms with Crippen molar-refractivity contribution in [3.63, 3.8) is 0 Å². The van der Waals surface area contributed by atoms with Gasteiger partial charge in [-0.25, -0.2) is 4.79 Å². The maximum atomic E-state index is 12.6. The van der Waals surface area contributed by atoms with Crippen molar-refractivity contribution in [3.05, 3.63) is 35.9 Å². The third-order valence-electron chi connectivity index (χ3n) is 4.67. The van der Waals surface area contributed by atoms with E-state index in [4.69, 9.17) is 4.74 Å². The highest BCUT2D eigenvalue weighted by Crippen LogP contribution is 2.38. The molecule has 2 aliphatic rings. The van der Waals surface area contributed by atoms with Gasteiger partial charge in [0.25, 0.3) is 0 Å². The summed E-state index contributed by atoms with van der Waals surface area (Å²) < 4.78 is 5.42. The van der Waals surface area contributed by atoms with Crippen molar-refractivity contribution in [2.75, 3.05) is 11.9 Å². The van der Waals surface area contributed by atoms with Gasteiger partial charge >= 0.3 is 6.03 Å². The molecule has 0 spiro atoms. The van der Waals surface area contributed by atoms with Gasteiger partial charge in [-0.1, -0.05) is 11.6 Å². The molecule has 3 rings (SSSR count). The Labute approximate surface area is 132 Å². The highest BCUT2D eigenvalue weighted by atomic mass is 16.5. The summed E-state index contributed by atoms with van der Waals surface area (Å²) in [6.07, 6.45) is 6.53. The number of fused-ring (bicyclic) bond motifs is 2. The van der Waals surface area contributed by atoms with Gasteiger partial charge in [-0.3, -0.25) is 0 Å². The lowest BCUT2D eigenvalue weighted by Gasteiger charge is -2.36. The second-order valence-electron chi connectivity index (χ2n) is 6.03. The normalized spacial score (nSPS) is 23.4. The first-order chi connectivity index (χ1) is 10.7. The van der Waals surface area contributed by atoms with Crippen LogP contribution in [0.4, 0.5) is 10.5 Å². The largest absolute Gasteiger partial charge is 0.494 e. The summed E-state index contributed by atoms with van der Waals surface area (Å²) in [6.45, 7) is 4.71. The van der Waals surface area contributed by atoms with Gasteiger partial charge in [-0.15, -0.1) is 0 Å². The predicted molar refractivity (Wildman–Crippen MR) is 88.3 cm³/mol. The van der Waals surface area contributed by atoms with Crippen LogP contribution in [0.1, 0.15) is 39.5 Å². The lowest BCUT2D eigenvalue weighted by molar-refractivity contribution is 0.174. The zero-order valence-electron chi connectivity index (χ0n) is 13.3. The number of carbonyl (C=O) groups is 1. The van der Waals surface area contributed by atoms with E-state index in [0.717, 1.165) is 37.1 Å². The zero-order valence-corrected chi connectivity index (χ0v) is 13.3. The molecule has 2 saturated heterocycles. The number of nitrogens with one attached hydrogen (secondary N) is 1. The lowest BCUT2D eigenvalue weighted by Crippen LogP contribution is -2.46. The number of piperidine rings is 1. The molecule has 118 valence electrons. The van der Waals surface area contributed by atoms with Crippen molar-refractivity contribution in [1.29, 1.82) is 0 Å². The van der Waals surface area contributed by atoms with E-state index in [0.29, 0.717) is 18.7 Å². The lowest BCUT2D eigenvalue weighted by atomic mass is 9.97. The molecule has 2 heterocycles. The molecule has 4 heteroatoms. The number of ether oxygens (including phenoxy) is 1. The van der Waals surface area contributed by atoms with Crippen molar-refractivity contribution in [3.8, 4) is 5.75 Å². The molecule has 2 amide bonds. The molecule has 1 aromatic rings. The van der Waals surface area contributed by atoms with Crippen LogP contribution in [0.5, 0.6) is 5.75 Å². The summed E-state index contributed by atoms with van der Waals surface area (Å²) in [7, 11) is 0. The van der Waals surface area contributed by atoms with Crippen molar-refractivity contribution < 1.29 is 9.53 Å². The van der Waals surface area contributed by atoms with E-state index in [1.165, 1.54) is 5.57 Å². The number of rotatable bonds is 3. The van der Waals surface area contributed by atoms with Gasteiger partial charge in [0.15, 0.2) is 0 Å². The molecule has 2 unspecified atom stereocenters. The monoisotopic (exact) mass is 300 g/mol. The number of carbonyl (C=O) groups excluding carboxylic acids is 1. The molecule has 2 fully saturated rings. The number of amides is 2. The number of benzene rings is 1. The molecule has 22 heavy (non-hydrogen) atoms. The minimum atomic E-state index is 0.0341. The van der Waals surface area contributed by atoms with Crippen LogP contribution in [0, 0.1) is 0 Å². The van der Waals surface area contributed by atoms with E-state index in [9.17, 15) is 4.79 Å². The Hall–Kier alpha value is -1.97. The SMILES string of the molecule is CC=C1CC2CCC(C1)N2C(=O)Nc1ccc(OCC)cc1. The molecule has 2 atom stereocenters. The Morgan fingerprint density at radius 1 is 1.27 bits per heavy atom. The first-order valence-electron chi connectivity index (χ1n) is 8.17. The number of hydrogen-bond acceptors (Lipinski definition) is 2. The fourth-order valence-electron chi connectivity index (χ4n) is 3.61. The van der Waals surface area contributed by atoms with Crippen molar-refractivity contribution in [2.45, 2.75) is 51.6 Å². The second-order valence-corrected chi connectivity index (χ2v) is 6.03. The standard InChI is InChI=1S/C18H24N2O2/c1-3-13-11-15-7-8-16(12-13)20(15)18(21)19-14-5-9-17(10-6-14)22-4-2/h3,5-6,9-10,15-16H,4,7-8,11-12H2,1-2H3,(H,19,21). The molecule has 2 bridgehead atoms. The van der Waals surface area contributed by atoms with Crippen molar-refractivity contribution >= 4 is 11.7 Å². The quantitative estimate of drug-likeness (QED) is 0.850. The average molecular weight is 300 g/mol. The summed E-state index contributed by atoms with van der Waals surface area (Å²) in [5.74, 6) is 0.830. The molecule has 0 saturated carbocycles. The van der Waals surface area contributed by atoms with Gasteiger partial charge in [0.1, 0.15) is 5.75 Å². The molecule has 1 aromatic carbocycles. The summed E-state index contributed by atoms with van der Waals surface area (Å²) >= 11 is 0. The number of anilines is 1. The zero-order chi connectivity index (χ0) is 15.5. The van der Waals surface area contributed by atoms with Gasteiger partial charge in [-0.05, 0) is 63.8 Å². The van der Waals surface area contributed by atoms with Crippen LogP contribution in [-0.2, 0) is 0 Å². The smallest absolute Gasteiger partial charge is 0.322 e. The maximum Gasteiger partial charge on any atom is 0.322 e. The number of nitrogens with zero attached hydrogens (tertiary/aromatic N) is 1. The molecular formula is C18H24N2O2. The predicted octanol–water partition coefficient (Wildman–Crippen LogP) is 4.19. The topological polar surface area (TPSA) is 41.6 Å². The van der Waals surface area contributed by atoms with E-state index in [1.54, 1.807) is 0 Å². The summed E-state index contributed by atoms with van der Waals surface area (Å²) in [5, 5.41) is 3.03. The van der Waals surface area contributed by atoms with Crippen LogP contribution in [0.25, 0.3) is 0 Å². The van der Waals surface area contributed by atoms with Crippen LogP contribution < -0.4 is 10.1 Å². The van der Waals surface area contributed by atoms with Gasteiger partial charge in [0.05, 0.1) is 6.61 Å². The minimum absolute atomic E-state index is 0.0341. The van der Waals surface area contributed by atoms with Crippen molar-refractivity contribution in [2.24, 2.45) is 0 Å². The van der Waals surface area contributed by atoms with Gasteiger partial charge in [0.2, 0.25) is 0 Å². The summed E-state index contributed by atoms with van der Waals surface area (Å²) in [4.78, 5) is 14.7. The summed E-state index contributed by atoms with van der Waals surface area (Å²) in [5.41, 5.74) is 2.32. The highest BCUT2D eigenvalue weighted by molar-refractivity contribution is 5.90. The van der Waals surface area contributed by atoms with E-state index in [-0.39, 0.29) is 6.03 Å². The minimum Gasteiger partial charge on any atom is -0.494 e. The Balaban J connectivity index is 1.65. The van der Waals surface area contributed by atoms with Gasteiger partial charge in [-0.2, -0.15) is 0 Å². The number of allylic oxidation sites excluding steroid dienone is 1. The van der Waals surface area contributed by atoms with Crippen LogP contribution in [0.15, 0.2) is 35.9 Å². The molecule has 0 aliphatic carbocycles. The molecule has 0 aromatic heterocycles. The first kappa shape index (κ1) is 14.9. The van der Waals surface area contributed by atoms with Gasteiger partial charge < -0.3 is 15.0 Å². The van der Waals surface area contributed by atoms with Crippen LogP contribution >= 0.6 is 0 Å². The maximum absolute atomic E-state index is 12.6. The molecule has 0 radical (unpaired) electrons. The van der Waals surface area contributed by atoms with Crippen molar-refractivity contribution in [1.82, 2.24) is 4.90 Å². The van der Waals surface area contributed by atoms with Crippen LogP contribution in [-0.4, -0.2) is 29.6 Å². The van der Waals surface area contributed by atoms with E-state index in [2.05, 4.69) is 23.2 Å². The average Bonchev–Trinajstić information content (AvgIpc) is 2.80. The molecule has 2 aliphatic heterocycles. The Morgan fingerprint density at radius 2 is 1.91 bits per heavy atom. The first-order valence-corrected chi connectivity index (χ1v) is 8.17. The van der Waals surface area contributed by atoms with E-state index in [1.807, 2.05) is 31.2 Å². The summed E-state index contributed by atoms with van der Waals surface area (Å²) in [6, 6.07) is 8.34. The van der Waals surface area contributed by atoms with Crippen LogP contribution in [0.2, 0.25) is 0 Å². The molecular weight excluding hydrogens is 276 g/mol. The Morgan fingerprint density at radius 3 is 2.45 bits per heavy atom. The number of hydrogen-bond donors (Lipinski definition) is 1. The Bertz CT molecular complexity index is 549. The third kappa shape index (κ3) is 2.96. The fourth-order valence-corrected chi connectivity index (χ4v) is 3.61. The highest BCUT2D eigenvalue weighted by Gasteiger charge is 2.41. The molecule has 4 nitrogen and oxygen atoms in total.